The Bertz CT molecular complexity index is 556. The second kappa shape index (κ2) is 8.89. The SMILES string of the molecule is COC(CNC(=O)CC(NC(C)=O)c1ccc(C)cc1)C(=O)O. The summed E-state index contributed by atoms with van der Waals surface area (Å²) >= 11 is 0. The average Bonchev–Trinajstić information content (AvgIpc) is 2.47. The van der Waals surface area contributed by atoms with Crippen LogP contribution in [0.25, 0.3) is 0 Å². The van der Waals surface area contributed by atoms with Gasteiger partial charge in [0.15, 0.2) is 6.10 Å². The number of carbonyl (C=O) groups is 3. The molecule has 0 aliphatic carbocycles. The lowest BCUT2D eigenvalue weighted by molar-refractivity contribution is -0.148. The number of benzene rings is 1. The number of ether oxygens (including phenoxy) is 1. The number of amides is 2. The first-order valence-electron chi connectivity index (χ1n) is 7.19. The first-order chi connectivity index (χ1) is 10.8. The van der Waals surface area contributed by atoms with E-state index in [0.29, 0.717) is 0 Å². The summed E-state index contributed by atoms with van der Waals surface area (Å²) in [7, 11) is 1.26. The predicted molar refractivity (Wildman–Crippen MR) is 83.8 cm³/mol. The molecule has 23 heavy (non-hydrogen) atoms. The fourth-order valence-corrected chi connectivity index (χ4v) is 2.03. The van der Waals surface area contributed by atoms with Gasteiger partial charge in [0.1, 0.15) is 0 Å². The Labute approximate surface area is 135 Å². The van der Waals surface area contributed by atoms with Crippen molar-refractivity contribution in [3.8, 4) is 0 Å². The largest absolute Gasteiger partial charge is 0.479 e. The molecule has 1 aromatic carbocycles. The smallest absolute Gasteiger partial charge is 0.334 e. The van der Waals surface area contributed by atoms with Crippen molar-refractivity contribution in [1.82, 2.24) is 10.6 Å². The van der Waals surface area contributed by atoms with Crippen molar-refractivity contribution < 1.29 is 24.2 Å². The predicted octanol–water partition coefficient (Wildman–Crippen LogP) is 0.778. The van der Waals surface area contributed by atoms with Gasteiger partial charge < -0.3 is 20.5 Å². The molecular formula is C16H22N2O5. The summed E-state index contributed by atoms with van der Waals surface area (Å²) < 4.78 is 4.75. The Morgan fingerprint density at radius 2 is 1.83 bits per heavy atom. The van der Waals surface area contributed by atoms with Gasteiger partial charge in [0.05, 0.1) is 19.0 Å². The van der Waals surface area contributed by atoms with Crippen LogP contribution < -0.4 is 10.6 Å². The molecule has 3 N–H and O–H groups in total. The minimum absolute atomic E-state index is 0.0126. The lowest BCUT2D eigenvalue weighted by Crippen LogP contribution is -2.39. The van der Waals surface area contributed by atoms with Gasteiger partial charge in [0.25, 0.3) is 0 Å². The van der Waals surface area contributed by atoms with Crippen LogP contribution in [0.3, 0.4) is 0 Å². The average molecular weight is 322 g/mol. The number of hydrogen-bond donors (Lipinski definition) is 3. The summed E-state index contributed by atoms with van der Waals surface area (Å²) in [4.78, 5) is 34.2. The van der Waals surface area contributed by atoms with E-state index in [0.717, 1.165) is 11.1 Å². The molecule has 2 unspecified atom stereocenters. The second-order valence-corrected chi connectivity index (χ2v) is 5.23. The maximum absolute atomic E-state index is 12.0. The number of aliphatic carboxylic acids is 1. The molecule has 1 rings (SSSR count). The zero-order valence-corrected chi connectivity index (χ0v) is 13.5. The van der Waals surface area contributed by atoms with Crippen molar-refractivity contribution >= 4 is 17.8 Å². The third-order valence-corrected chi connectivity index (χ3v) is 3.29. The molecule has 1 aromatic rings. The minimum atomic E-state index is -1.15. The van der Waals surface area contributed by atoms with Crippen molar-refractivity contribution in [2.45, 2.75) is 32.4 Å². The van der Waals surface area contributed by atoms with Gasteiger partial charge in [0.2, 0.25) is 11.8 Å². The molecular weight excluding hydrogens is 300 g/mol. The van der Waals surface area contributed by atoms with Gasteiger partial charge in [0, 0.05) is 14.0 Å². The quantitative estimate of drug-likeness (QED) is 0.656. The van der Waals surface area contributed by atoms with Gasteiger partial charge in [-0.15, -0.1) is 0 Å². The molecule has 0 saturated heterocycles. The topological polar surface area (TPSA) is 105 Å². The second-order valence-electron chi connectivity index (χ2n) is 5.23. The van der Waals surface area contributed by atoms with Crippen LogP contribution in [0.5, 0.6) is 0 Å². The lowest BCUT2D eigenvalue weighted by atomic mass is 10.0. The summed E-state index contributed by atoms with van der Waals surface area (Å²) in [6.07, 6.45) is -1.09. The third-order valence-electron chi connectivity index (χ3n) is 3.29. The van der Waals surface area contributed by atoms with E-state index in [4.69, 9.17) is 9.84 Å². The fraction of sp³-hybridized carbons (Fsp3) is 0.438. The summed E-state index contributed by atoms with van der Waals surface area (Å²) in [6, 6.07) is 7.01. The van der Waals surface area contributed by atoms with Gasteiger partial charge in [-0.1, -0.05) is 29.8 Å². The number of methoxy groups -OCH3 is 1. The number of aryl methyl sites for hydroxylation is 1. The van der Waals surface area contributed by atoms with Gasteiger partial charge in [-0.25, -0.2) is 4.79 Å². The van der Waals surface area contributed by atoms with Crippen LogP contribution >= 0.6 is 0 Å². The highest BCUT2D eigenvalue weighted by atomic mass is 16.5. The van der Waals surface area contributed by atoms with Crippen molar-refractivity contribution in [2.24, 2.45) is 0 Å². The molecule has 126 valence electrons. The summed E-state index contributed by atoms with van der Waals surface area (Å²) in [6.45, 7) is 3.19. The van der Waals surface area contributed by atoms with Gasteiger partial charge in [-0.2, -0.15) is 0 Å². The third kappa shape index (κ3) is 6.48. The zero-order chi connectivity index (χ0) is 17.4. The van der Waals surface area contributed by atoms with Crippen LogP contribution in [0, 0.1) is 6.92 Å². The molecule has 0 fully saturated rings. The van der Waals surface area contributed by atoms with Crippen molar-refractivity contribution in [2.75, 3.05) is 13.7 Å². The molecule has 7 heteroatoms. The molecule has 0 aromatic heterocycles. The molecule has 0 radical (unpaired) electrons. The first-order valence-corrected chi connectivity index (χ1v) is 7.19. The number of carboxylic acid groups (broad SMARTS) is 1. The molecule has 2 atom stereocenters. The van der Waals surface area contributed by atoms with Crippen LogP contribution in [-0.2, 0) is 19.1 Å². The number of carbonyl (C=O) groups excluding carboxylic acids is 2. The first kappa shape index (κ1) is 18.6. The molecule has 0 spiro atoms. The van der Waals surface area contributed by atoms with Crippen LogP contribution in [0.4, 0.5) is 0 Å². The normalized spacial score (nSPS) is 13.0. The molecule has 0 heterocycles. The van der Waals surface area contributed by atoms with Gasteiger partial charge in [-0.05, 0) is 12.5 Å². The maximum atomic E-state index is 12.0. The van der Waals surface area contributed by atoms with Gasteiger partial charge in [-0.3, -0.25) is 9.59 Å². The lowest BCUT2D eigenvalue weighted by Gasteiger charge is -2.19. The van der Waals surface area contributed by atoms with E-state index in [1.54, 1.807) is 0 Å². The van der Waals surface area contributed by atoms with E-state index in [9.17, 15) is 14.4 Å². The standard InChI is InChI=1S/C16H22N2O5/c1-10-4-6-12(7-5-10)13(18-11(2)19)8-15(20)17-9-14(23-3)16(21)22/h4-7,13-14H,8-9H2,1-3H3,(H,17,20)(H,18,19)(H,21,22). The number of carboxylic acids is 1. The Morgan fingerprint density at radius 1 is 1.22 bits per heavy atom. The van der Waals surface area contributed by atoms with E-state index < -0.39 is 18.1 Å². The molecule has 0 aliphatic heterocycles. The highest BCUT2D eigenvalue weighted by molar-refractivity contribution is 5.80. The maximum Gasteiger partial charge on any atom is 0.334 e. The number of hydrogen-bond acceptors (Lipinski definition) is 4. The molecule has 2 amide bonds. The zero-order valence-electron chi connectivity index (χ0n) is 13.5. The molecule has 7 nitrogen and oxygen atoms in total. The van der Waals surface area contributed by atoms with E-state index in [-0.39, 0.29) is 24.8 Å². The summed E-state index contributed by atoms with van der Waals surface area (Å²) in [5.41, 5.74) is 1.88. The van der Waals surface area contributed by atoms with Crippen molar-refractivity contribution in [3.63, 3.8) is 0 Å². The molecule has 0 saturated carbocycles. The van der Waals surface area contributed by atoms with E-state index in [2.05, 4.69) is 10.6 Å². The fourth-order valence-electron chi connectivity index (χ4n) is 2.03. The van der Waals surface area contributed by atoms with E-state index in [1.807, 2.05) is 31.2 Å². The number of nitrogens with one attached hydrogen (secondary N) is 2. The molecule has 0 aliphatic rings. The van der Waals surface area contributed by atoms with Crippen molar-refractivity contribution in [1.29, 1.82) is 0 Å². The highest BCUT2D eigenvalue weighted by Crippen LogP contribution is 2.17. The molecule has 0 bridgehead atoms. The Hall–Kier alpha value is -2.41. The minimum Gasteiger partial charge on any atom is -0.479 e. The Morgan fingerprint density at radius 3 is 2.30 bits per heavy atom. The monoisotopic (exact) mass is 322 g/mol. The summed E-state index contributed by atoms with van der Waals surface area (Å²) in [5, 5.41) is 14.1. The van der Waals surface area contributed by atoms with Crippen LogP contribution in [0.15, 0.2) is 24.3 Å². The van der Waals surface area contributed by atoms with E-state index in [1.165, 1.54) is 14.0 Å². The van der Waals surface area contributed by atoms with Crippen molar-refractivity contribution in [3.05, 3.63) is 35.4 Å². The van der Waals surface area contributed by atoms with Gasteiger partial charge >= 0.3 is 5.97 Å². The highest BCUT2D eigenvalue weighted by Gasteiger charge is 2.20. The number of rotatable bonds is 8. The summed E-state index contributed by atoms with van der Waals surface area (Å²) in [5.74, 6) is -1.76. The van der Waals surface area contributed by atoms with Crippen LogP contribution in [-0.4, -0.2) is 42.6 Å². The van der Waals surface area contributed by atoms with Crippen LogP contribution in [0.1, 0.15) is 30.5 Å². The Kier molecular flexibility index (Phi) is 7.21. The van der Waals surface area contributed by atoms with E-state index >= 15 is 0 Å². The Balaban J connectivity index is 2.69. The van der Waals surface area contributed by atoms with Crippen LogP contribution in [0.2, 0.25) is 0 Å².